The van der Waals surface area contributed by atoms with Crippen LogP contribution in [0, 0.1) is 0 Å². The van der Waals surface area contributed by atoms with Crippen LogP contribution >= 0.6 is 0 Å². The van der Waals surface area contributed by atoms with Gasteiger partial charge in [-0.1, -0.05) is 13.8 Å². The Hall–Kier alpha value is -1.39. The van der Waals surface area contributed by atoms with Crippen LogP contribution in [0.4, 0.5) is 0 Å². The number of nitrogens with zero attached hydrogens (tertiary/aromatic N) is 2. The molecule has 1 fully saturated rings. The van der Waals surface area contributed by atoms with E-state index in [2.05, 4.69) is 41.0 Å². The van der Waals surface area contributed by atoms with Gasteiger partial charge in [0.05, 0.1) is 5.60 Å². The number of hydrogen-bond acceptors (Lipinski definition) is 3. The van der Waals surface area contributed by atoms with Crippen molar-refractivity contribution in [3.05, 3.63) is 30.1 Å². The van der Waals surface area contributed by atoms with Crippen molar-refractivity contribution >= 4 is 11.0 Å². The SMILES string of the molecule is CCC(O)(CC)CN1CCC(c2c[nH]c3ncccc23)CC1. The van der Waals surface area contributed by atoms with Crippen molar-refractivity contribution in [2.75, 3.05) is 19.6 Å². The Bertz CT molecular complexity index is 610. The summed E-state index contributed by atoms with van der Waals surface area (Å²) < 4.78 is 0. The second kappa shape index (κ2) is 6.39. The summed E-state index contributed by atoms with van der Waals surface area (Å²) >= 11 is 0. The van der Waals surface area contributed by atoms with Crippen LogP contribution in [0.1, 0.15) is 51.0 Å². The molecule has 3 rings (SSSR count). The van der Waals surface area contributed by atoms with Crippen LogP contribution in [0.15, 0.2) is 24.5 Å². The van der Waals surface area contributed by atoms with E-state index in [1.54, 1.807) is 0 Å². The number of fused-ring (bicyclic) bond motifs is 1. The van der Waals surface area contributed by atoms with E-state index in [0.717, 1.165) is 51.0 Å². The zero-order valence-electron chi connectivity index (χ0n) is 13.7. The number of rotatable bonds is 5. The predicted octanol–water partition coefficient (Wildman–Crippen LogP) is 3.29. The van der Waals surface area contributed by atoms with E-state index in [4.69, 9.17) is 0 Å². The maximum Gasteiger partial charge on any atom is 0.137 e. The molecule has 4 nitrogen and oxygen atoms in total. The maximum atomic E-state index is 10.5. The molecule has 22 heavy (non-hydrogen) atoms. The lowest BCUT2D eigenvalue weighted by Gasteiger charge is -2.37. The van der Waals surface area contributed by atoms with Gasteiger partial charge in [0.15, 0.2) is 0 Å². The van der Waals surface area contributed by atoms with Gasteiger partial charge in [-0.15, -0.1) is 0 Å². The van der Waals surface area contributed by atoms with Gasteiger partial charge in [-0.2, -0.15) is 0 Å². The number of pyridine rings is 1. The molecule has 0 aliphatic carbocycles. The molecule has 3 heterocycles. The van der Waals surface area contributed by atoms with Crippen LogP contribution in [-0.4, -0.2) is 45.2 Å². The van der Waals surface area contributed by atoms with Crippen molar-refractivity contribution in [3.63, 3.8) is 0 Å². The third kappa shape index (κ3) is 3.03. The first kappa shape index (κ1) is 15.5. The zero-order valence-corrected chi connectivity index (χ0v) is 13.7. The molecule has 120 valence electrons. The van der Waals surface area contributed by atoms with E-state index in [-0.39, 0.29) is 0 Å². The smallest absolute Gasteiger partial charge is 0.137 e. The molecule has 2 N–H and O–H groups in total. The number of likely N-dealkylation sites (tertiary alicyclic amines) is 1. The average molecular weight is 301 g/mol. The topological polar surface area (TPSA) is 52.1 Å². The summed E-state index contributed by atoms with van der Waals surface area (Å²) in [5, 5.41) is 11.8. The van der Waals surface area contributed by atoms with Gasteiger partial charge < -0.3 is 15.0 Å². The van der Waals surface area contributed by atoms with Gasteiger partial charge in [0, 0.05) is 24.3 Å². The third-order valence-electron chi connectivity index (χ3n) is 5.34. The number of aromatic nitrogens is 2. The molecule has 0 saturated carbocycles. The maximum absolute atomic E-state index is 10.5. The molecule has 2 aromatic rings. The lowest BCUT2D eigenvalue weighted by atomic mass is 9.88. The van der Waals surface area contributed by atoms with E-state index in [1.165, 1.54) is 10.9 Å². The number of aromatic amines is 1. The molecule has 0 atom stereocenters. The fraction of sp³-hybridized carbons (Fsp3) is 0.611. The van der Waals surface area contributed by atoms with E-state index in [9.17, 15) is 5.11 Å². The number of hydrogen-bond donors (Lipinski definition) is 2. The van der Waals surface area contributed by atoms with E-state index >= 15 is 0 Å². The minimum atomic E-state index is -0.516. The molecule has 2 aromatic heterocycles. The van der Waals surface area contributed by atoms with Crippen LogP contribution in [0.3, 0.4) is 0 Å². The molecule has 0 aromatic carbocycles. The molecule has 4 heteroatoms. The van der Waals surface area contributed by atoms with Crippen molar-refractivity contribution in [1.29, 1.82) is 0 Å². The minimum Gasteiger partial charge on any atom is -0.389 e. The lowest BCUT2D eigenvalue weighted by Crippen LogP contribution is -2.45. The van der Waals surface area contributed by atoms with Crippen molar-refractivity contribution < 1.29 is 5.11 Å². The Morgan fingerprint density at radius 3 is 2.73 bits per heavy atom. The Balaban J connectivity index is 1.65. The van der Waals surface area contributed by atoms with E-state index in [0.29, 0.717) is 5.92 Å². The second-order valence-electron chi connectivity index (χ2n) is 6.63. The molecule has 1 aliphatic heterocycles. The highest BCUT2D eigenvalue weighted by atomic mass is 16.3. The molecule has 0 radical (unpaired) electrons. The summed E-state index contributed by atoms with van der Waals surface area (Å²) in [6.07, 6.45) is 7.94. The second-order valence-corrected chi connectivity index (χ2v) is 6.63. The molecule has 1 saturated heterocycles. The molecule has 1 aliphatic rings. The highest BCUT2D eigenvalue weighted by Gasteiger charge is 2.29. The summed E-state index contributed by atoms with van der Waals surface area (Å²) in [6.45, 7) is 7.10. The first-order chi connectivity index (χ1) is 10.6. The Labute approximate surface area is 132 Å². The van der Waals surface area contributed by atoms with Gasteiger partial charge in [0.1, 0.15) is 5.65 Å². The normalized spacial score (nSPS) is 18.1. The van der Waals surface area contributed by atoms with Gasteiger partial charge in [0.25, 0.3) is 0 Å². The number of β-amino-alcohol motifs (C(OH)–C–C–N with tert-alkyl or cyclic N) is 1. The van der Waals surface area contributed by atoms with E-state index in [1.807, 2.05) is 12.3 Å². The van der Waals surface area contributed by atoms with Gasteiger partial charge in [-0.25, -0.2) is 4.98 Å². The first-order valence-electron chi connectivity index (χ1n) is 8.52. The molecule has 0 spiro atoms. The third-order valence-corrected chi connectivity index (χ3v) is 5.34. The van der Waals surface area contributed by atoms with Crippen LogP contribution in [0.25, 0.3) is 11.0 Å². The molecule has 0 amide bonds. The van der Waals surface area contributed by atoms with Crippen molar-refractivity contribution in [2.24, 2.45) is 0 Å². The zero-order chi connectivity index (χ0) is 15.6. The predicted molar refractivity (Wildman–Crippen MR) is 90.0 cm³/mol. The Morgan fingerprint density at radius 2 is 2.05 bits per heavy atom. The van der Waals surface area contributed by atoms with Crippen LogP contribution in [0.5, 0.6) is 0 Å². The van der Waals surface area contributed by atoms with Crippen LogP contribution in [-0.2, 0) is 0 Å². The van der Waals surface area contributed by atoms with Gasteiger partial charge in [-0.05, 0) is 62.4 Å². The number of piperidine rings is 1. The van der Waals surface area contributed by atoms with Gasteiger partial charge in [0.2, 0.25) is 0 Å². The summed E-state index contributed by atoms with van der Waals surface area (Å²) in [5.74, 6) is 0.602. The Kier molecular flexibility index (Phi) is 4.50. The van der Waals surface area contributed by atoms with Crippen molar-refractivity contribution in [1.82, 2.24) is 14.9 Å². The fourth-order valence-corrected chi connectivity index (χ4v) is 3.61. The number of H-pyrrole nitrogens is 1. The van der Waals surface area contributed by atoms with Crippen LogP contribution in [0.2, 0.25) is 0 Å². The Morgan fingerprint density at radius 1 is 1.32 bits per heavy atom. The number of aliphatic hydroxyl groups is 1. The molecular weight excluding hydrogens is 274 g/mol. The highest BCUT2D eigenvalue weighted by molar-refractivity contribution is 5.80. The first-order valence-corrected chi connectivity index (χ1v) is 8.52. The molecule has 0 bridgehead atoms. The molecular formula is C18H27N3O. The summed E-state index contributed by atoms with van der Waals surface area (Å²) in [5.41, 5.74) is 1.88. The monoisotopic (exact) mass is 301 g/mol. The largest absolute Gasteiger partial charge is 0.389 e. The number of nitrogens with one attached hydrogen (secondary N) is 1. The summed E-state index contributed by atoms with van der Waals surface area (Å²) in [7, 11) is 0. The minimum absolute atomic E-state index is 0.516. The summed E-state index contributed by atoms with van der Waals surface area (Å²) in [6, 6.07) is 4.17. The average Bonchev–Trinajstić information content (AvgIpc) is 2.99. The van der Waals surface area contributed by atoms with Gasteiger partial charge in [-0.3, -0.25) is 0 Å². The summed E-state index contributed by atoms with van der Waals surface area (Å²) in [4.78, 5) is 10.1. The standard InChI is InChI=1S/C18H27N3O/c1-3-18(22,4-2)13-21-10-7-14(8-11-21)16-12-20-17-15(16)6-5-9-19-17/h5-6,9,12,14,22H,3-4,7-8,10-11,13H2,1-2H3,(H,19,20). The van der Waals surface area contributed by atoms with Gasteiger partial charge >= 0.3 is 0 Å². The van der Waals surface area contributed by atoms with Crippen molar-refractivity contribution in [2.45, 2.75) is 51.0 Å². The van der Waals surface area contributed by atoms with E-state index < -0.39 is 5.60 Å². The highest BCUT2D eigenvalue weighted by Crippen LogP contribution is 2.33. The quantitative estimate of drug-likeness (QED) is 0.891. The van der Waals surface area contributed by atoms with Crippen molar-refractivity contribution in [3.8, 4) is 0 Å². The van der Waals surface area contributed by atoms with Crippen LogP contribution < -0.4 is 0 Å². The molecule has 0 unspecified atom stereocenters. The fourth-order valence-electron chi connectivity index (χ4n) is 3.61. The lowest BCUT2D eigenvalue weighted by molar-refractivity contribution is -0.00902.